The molecule has 7 heteroatoms. The predicted molar refractivity (Wildman–Crippen MR) is 95.1 cm³/mol. The Kier molecular flexibility index (Phi) is 4.94. The number of carbonyl (C=O) groups excluding carboxylic acids is 3. The molecule has 7 nitrogen and oxygen atoms in total. The smallest absolute Gasteiger partial charge is 0.337 e. The Morgan fingerprint density at radius 3 is 2.56 bits per heavy atom. The molecule has 0 spiro atoms. The van der Waals surface area contributed by atoms with E-state index in [1.807, 2.05) is 0 Å². The number of hydrogen-bond donors (Lipinski definition) is 1. The van der Waals surface area contributed by atoms with Crippen LogP contribution in [0.5, 0.6) is 0 Å². The molecule has 1 atom stereocenters. The molecule has 2 aromatic rings. The van der Waals surface area contributed by atoms with Gasteiger partial charge in [-0.25, -0.2) is 4.79 Å². The Hall–Kier alpha value is -3.61. The van der Waals surface area contributed by atoms with Crippen molar-refractivity contribution >= 4 is 17.7 Å². The molecule has 0 bridgehead atoms. The molecule has 1 aromatic heterocycles. The number of Topliss-reactive ketones (excluding diaryl/α,β-unsaturated/α-hetero) is 1. The van der Waals surface area contributed by atoms with E-state index < -0.39 is 29.5 Å². The number of amides is 1. The molecule has 138 valence electrons. The number of aliphatic hydroxyl groups excluding tert-OH is 1. The molecule has 0 saturated heterocycles. The maximum atomic E-state index is 12.8. The summed E-state index contributed by atoms with van der Waals surface area (Å²) in [6, 6.07) is 8.44. The maximum Gasteiger partial charge on any atom is 0.337 e. The molecule has 1 aromatic carbocycles. The van der Waals surface area contributed by atoms with Crippen molar-refractivity contribution in [2.45, 2.75) is 6.04 Å². The quantitative estimate of drug-likeness (QED) is 0.479. The molecule has 2 heterocycles. The fourth-order valence-corrected chi connectivity index (χ4v) is 3.02. The second kappa shape index (κ2) is 7.33. The number of ketones is 1. The number of furan rings is 1. The van der Waals surface area contributed by atoms with Gasteiger partial charge in [-0.05, 0) is 29.8 Å². The minimum Gasteiger partial charge on any atom is -0.503 e. The fraction of sp³-hybridized carbons (Fsp3) is 0.150. The van der Waals surface area contributed by atoms with Gasteiger partial charge in [0.05, 0.1) is 30.6 Å². The Morgan fingerprint density at radius 2 is 2.00 bits per heavy atom. The Balaban J connectivity index is 2.07. The minimum atomic E-state index is -0.834. The van der Waals surface area contributed by atoms with Crippen molar-refractivity contribution in [3.8, 4) is 0 Å². The molecule has 3 rings (SSSR count). The number of nitrogens with zero attached hydrogens (tertiary/aromatic N) is 1. The van der Waals surface area contributed by atoms with Gasteiger partial charge in [0.1, 0.15) is 0 Å². The van der Waals surface area contributed by atoms with Crippen molar-refractivity contribution in [3.05, 3.63) is 83.5 Å². The van der Waals surface area contributed by atoms with Crippen LogP contribution in [-0.2, 0) is 9.53 Å². The Labute approximate surface area is 155 Å². The topological polar surface area (TPSA) is 97.0 Å². The molecular formula is C20H17NO6. The largest absolute Gasteiger partial charge is 0.503 e. The Morgan fingerprint density at radius 1 is 1.30 bits per heavy atom. The first-order valence-electron chi connectivity index (χ1n) is 8.11. The monoisotopic (exact) mass is 367 g/mol. The van der Waals surface area contributed by atoms with Gasteiger partial charge in [0.15, 0.2) is 11.5 Å². The fourth-order valence-electron chi connectivity index (χ4n) is 3.02. The first kappa shape index (κ1) is 18.2. The van der Waals surface area contributed by atoms with E-state index in [0.717, 1.165) is 0 Å². The van der Waals surface area contributed by atoms with Gasteiger partial charge in [0, 0.05) is 6.54 Å². The maximum absolute atomic E-state index is 12.8. The molecule has 0 radical (unpaired) electrons. The summed E-state index contributed by atoms with van der Waals surface area (Å²) in [6.45, 7) is 3.75. The van der Waals surface area contributed by atoms with Crippen LogP contribution < -0.4 is 0 Å². The first-order chi connectivity index (χ1) is 13.0. The van der Waals surface area contributed by atoms with Crippen LogP contribution >= 0.6 is 0 Å². The number of benzene rings is 1. The van der Waals surface area contributed by atoms with Crippen molar-refractivity contribution in [3.63, 3.8) is 0 Å². The molecule has 1 N–H and O–H groups in total. The summed E-state index contributed by atoms with van der Waals surface area (Å²) < 4.78 is 9.80. The molecule has 0 fully saturated rings. The first-order valence-corrected chi connectivity index (χ1v) is 8.11. The number of hydrogen-bond acceptors (Lipinski definition) is 6. The van der Waals surface area contributed by atoms with Crippen LogP contribution in [0.2, 0.25) is 0 Å². The molecule has 0 aliphatic carbocycles. The highest BCUT2D eigenvalue weighted by molar-refractivity contribution is 6.15. The number of methoxy groups -OCH3 is 1. The zero-order chi connectivity index (χ0) is 19.6. The molecule has 1 amide bonds. The van der Waals surface area contributed by atoms with Gasteiger partial charge < -0.3 is 19.2 Å². The highest BCUT2D eigenvalue weighted by Gasteiger charge is 2.43. The van der Waals surface area contributed by atoms with Crippen LogP contribution in [0.3, 0.4) is 0 Å². The van der Waals surface area contributed by atoms with E-state index >= 15 is 0 Å². The summed E-state index contributed by atoms with van der Waals surface area (Å²) in [5, 5.41) is 10.4. The lowest BCUT2D eigenvalue weighted by atomic mass is 9.94. The van der Waals surface area contributed by atoms with Gasteiger partial charge in [-0.15, -0.1) is 6.58 Å². The Bertz CT molecular complexity index is 924. The summed E-state index contributed by atoms with van der Waals surface area (Å²) >= 11 is 0. The average Bonchev–Trinajstić information content (AvgIpc) is 3.30. The second-order valence-corrected chi connectivity index (χ2v) is 5.83. The minimum absolute atomic E-state index is 0.0148. The predicted octanol–water partition coefficient (Wildman–Crippen LogP) is 2.83. The van der Waals surface area contributed by atoms with Gasteiger partial charge in [-0.3, -0.25) is 9.59 Å². The lowest BCUT2D eigenvalue weighted by molar-refractivity contribution is -0.128. The summed E-state index contributed by atoms with van der Waals surface area (Å²) in [5.74, 6) is -2.37. The van der Waals surface area contributed by atoms with Crippen LogP contribution in [-0.4, -0.2) is 41.3 Å². The van der Waals surface area contributed by atoms with Crippen molar-refractivity contribution < 1.29 is 28.6 Å². The van der Waals surface area contributed by atoms with Crippen molar-refractivity contribution in [1.29, 1.82) is 0 Å². The van der Waals surface area contributed by atoms with Gasteiger partial charge in [0.25, 0.3) is 5.91 Å². The highest BCUT2D eigenvalue weighted by atomic mass is 16.5. The van der Waals surface area contributed by atoms with Crippen LogP contribution in [0.15, 0.2) is 71.1 Å². The third-order valence-corrected chi connectivity index (χ3v) is 4.27. The standard InChI is InChI=1S/C20H17NO6/c1-3-10-21-16(12-6-8-13(9-7-12)20(25)26-2)15(18(23)19(21)24)17(22)14-5-4-11-27-14/h3-9,11,16,23H,1,10H2,2H3. The second-order valence-electron chi connectivity index (χ2n) is 5.83. The van der Waals surface area contributed by atoms with E-state index in [2.05, 4.69) is 11.3 Å². The van der Waals surface area contributed by atoms with Gasteiger partial charge in [0.2, 0.25) is 5.78 Å². The summed E-state index contributed by atoms with van der Waals surface area (Å²) in [5.41, 5.74) is 0.799. The van der Waals surface area contributed by atoms with Crippen molar-refractivity contribution in [2.75, 3.05) is 13.7 Å². The summed E-state index contributed by atoms with van der Waals surface area (Å²) in [4.78, 5) is 38.3. The van der Waals surface area contributed by atoms with Crippen LogP contribution in [0.25, 0.3) is 0 Å². The number of aliphatic hydroxyl groups is 1. The van der Waals surface area contributed by atoms with Crippen LogP contribution in [0, 0.1) is 0 Å². The van der Waals surface area contributed by atoms with Gasteiger partial charge in [-0.1, -0.05) is 18.2 Å². The van der Waals surface area contributed by atoms with Gasteiger partial charge in [-0.2, -0.15) is 0 Å². The SMILES string of the molecule is C=CCN1C(=O)C(O)=C(C(=O)c2ccco2)C1c1ccc(C(=O)OC)cc1. The number of carbonyl (C=O) groups is 3. The number of ether oxygens (including phenoxy) is 1. The number of esters is 1. The third kappa shape index (κ3) is 3.15. The zero-order valence-electron chi connectivity index (χ0n) is 14.5. The summed E-state index contributed by atoms with van der Waals surface area (Å²) in [7, 11) is 1.28. The molecule has 1 aliphatic heterocycles. The van der Waals surface area contributed by atoms with Gasteiger partial charge >= 0.3 is 5.97 Å². The van der Waals surface area contributed by atoms with E-state index in [1.165, 1.54) is 42.5 Å². The highest BCUT2D eigenvalue weighted by Crippen LogP contribution is 2.39. The van der Waals surface area contributed by atoms with Crippen molar-refractivity contribution in [2.24, 2.45) is 0 Å². The average molecular weight is 367 g/mol. The third-order valence-electron chi connectivity index (χ3n) is 4.27. The molecule has 1 aliphatic rings. The van der Waals surface area contributed by atoms with E-state index in [-0.39, 0.29) is 17.9 Å². The molecule has 27 heavy (non-hydrogen) atoms. The molecule has 0 saturated carbocycles. The zero-order valence-corrected chi connectivity index (χ0v) is 14.5. The van der Waals surface area contributed by atoms with E-state index in [1.54, 1.807) is 18.2 Å². The number of rotatable bonds is 6. The summed E-state index contributed by atoms with van der Waals surface area (Å²) in [6.07, 6.45) is 2.84. The molecular weight excluding hydrogens is 350 g/mol. The van der Waals surface area contributed by atoms with E-state index in [0.29, 0.717) is 11.1 Å². The lowest BCUT2D eigenvalue weighted by Crippen LogP contribution is -2.31. The molecule has 1 unspecified atom stereocenters. The normalized spacial score (nSPS) is 16.6. The lowest BCUT2D eigenvalue weighted by Gasteiger charge is -2.25. The van der Waals surface area contributed by atoms with E-state index in [4.69, 9.17) is 4.42 Å². The van der Waals surface area contributed by atoms with Crippen LogP contribution in [0.4, 0.5) is 0 Å². The van der Waals surface area contributed by atoms with Crippen molar-refractivity contribution in [1.82, 2.24) is 4.90 Å². The van der Waals surface area contributed by atoms with E-state index in [9.17, 15) is 19.5 Å². The van der Waals surface area contributed by atoms with Crippen LogP contribution in [0.1, 0.15) is 32.5 Å².